The second kappa shape index (κ2) is 6.62. The van der Waals surface area contributed by atoms with Gasteiger partial charge in [-0.1, -0.05) is 38.5 Å². The zero-order valence-electron chi connectivity index (χ0n) is 19.1. The van der Waals surface area contributed by atoms with Crippen LogP contribution in [0.3, 0.4) is 0 Å². The first-order chi connectivity index (χ1) is 13.5. The average molecular weight is 425 g/mol. The van der Waals surface area contributed by atoms with E-state index in [-0.39, 0.29) is 5.92 Å². The fraction of sp³-hybridized carbons (Fsp3) is 0.783. The Balaban J connectivity index is 2.25. The summed E-state index contributed by atoms with van der Waals surface area (Å²) in [6.07, 6.45) is 0.992. The lowest BCUT2D eigenvalue weighted by Crippen LogP contribution is -2.70. The van der Waals surface area contributed by atoms with Gasteiger partial charge in [0.25, 0.3) is 0 Å². The number of ether oxygens (including phenoxy) is 2. The zero-order valence-corrected chi connectivity index (χ0v) is 19.1. The second-order valence-electron chi connectivity index (χ2n) is 10.5. The summed E-state index contributed by atoms with van der Waals surface area (Å²) < 4.78 is 11.1. The Labute approximate surface area is 178 Å². The van der Waals surface area contributed by atoms with Crippen LogP contribution in [0.1, 0.15) is 48.5 Å². The molecule has 3 aliphatic rings. The summed E-state index contributed by atoms with van der Waals surface area (Å²) in [7, 11) is 1.28. The fourth-order valence-corrected chi connectivity index (χ4v) is 6.99. The molecule has 0 radical (unpaired) electrons. The quantitative estimate of drug-likeness (QED) is 0.306. The van der Waals surface area contributed by atoms with Gasteiger partial charge in [0, 0.05) is 22.3 Å². The molecule has 0 amide bonds. The van der Waals surface area contributed by atoms with E-state index in [0.29, 0.717) is 0 Å². The van der Waals surface area contributed by atoms with Gasteiger partial charge < -0.3 is 29.9 Å². The Morgan fingerprint density at radius 3 is 2.40 bits per heavy atom. The van der Waals surface area contributed by atoms with Crippen molar-refractivity contribution >= 4 is 5.97 Å². The van der Waals surface area contributed by atoms with Crippen LogP contribution in [-0.2, 0) is 14.3 Å². The smallest absolute Gasteiger partial charge is 0.330 e. The number of allylic oxidation sites excluding steroid dienone is 1. The minimum Gasteiger partial charge on any atom is -0.466 e. The molecule has 1 heterocycles. The lowest BCUT2D eigenvalue weighted by atomic mass is 9.45. The molecule has 0 spiro atoms. The first-order valence-corrected chi connectivity index (χ1v) is 10.5. The van der Waals surface area contributed by atoms with Crippen LogP contribution in [0.15, 0.2) is 23.8 Å². The van der Waals surface area contributed by atoms with Gasteiger partial charge in [-0.15, -0.1) is 0 Å². The van der Waals surface area contributed by atoms with Gasteiger partial charge in [0.15, 0.2) is 0 Å². The molecule has 2 fully saturated rings. The lowest BCUT2D eigenvalue weighted by Gasteiger charge is -2.60. The topological polar surface area (TPSA) is 116 Å². The molecule has 7 heteroatoms. The molecule has 0 aromatic carbocycles. The van der Waals surface area contributed by atoms with Gasteiger partial charge in [0.2, 0.25) is 0 Å². The van der Waals surface area contributed by atoms with Crippen molar-refractivity contribution in [1.29, 1.82) is 0 Å². The predicted molar refractivity (Wildman–Crippen MR) is 110 cm³/mol. The summed E-state index contributed by atoms with van der Waals surface area (Å²) in [6.45, 7) is 12.3. The molecule has 1 aliphatic heterocycles. The van der Waals surface area contributed by atoms with Crippen LogP contribution in [0.5, 0.6) is 0 Å². The molecule has 10 atom stereocenters. The normalized spacial score (nSPS) is 50.7. The summed E-state index contributed by atoms with van der Waals surface area (Å²) >= 11 is 0. The monoisotopic (exact) mass is 424 g/mol. The Bertz CT molecular complexity index is 797. The molecular weight excluding hydrogens is 388 g/mol. The summed E-state index contributed by atoms with van der Waals surface area (Å²) in [4.78, 5) is 11.8. The number of esters is 1. The first kappa shape index (κ1) is 23.4. The Kier molecular flexibility index (Phi) is 5.17. The van der Waals surface area contributed by atoms with Crippen molar-refractivity contribution in [2.45, 2.75) is 84.1 Å². The molecule has 1 saturated heterocycles. The van der Waals surface area contributed by atoms with Gasteiger partial charge >= 0.3 is 5.97 Å². The molecule has 3 rings (SSSR count). The van der Waals surface area contributed by atoms with Crippen molar-refractivity contribution < 1.29 is 34.7 Å². The van der Waals surface area contributed by atoms with Gasteiger partial charge in [0.1, 0.15) is 11.2 Å². The SMILES string of the molecule is COC(=O)/C=C/[C@]1(C)[C@H](O)[C@](C)(O)[C@@H]2O[C@@H](C(C)(O)C(C)O)[C@]3(C)C=C(C)[C@H]1[C@]23C. The van der Waals surface area contributed by atoms with Gasteiger partial charge in [-0.05, 0) is 33.6 Å². The van der Waals surface area contributed by atoms with Crippen LogP contribution < -0.4 is 0 Å². The Hall–Kier alpha value is -1.25. The highest BCUT2D eigenvalue weighted by Crippen LogP contribution is 2.74. The van der Waals surface area contributed by atoms with E-state index in [1.54, 1.807) is 6.08 Å². The third-order valence-corrected chi connectivity index (χ3v) is 8.56. The highest BCUT2D eigenvalue weighted by Gasteiger charge is 2.79. The molecule has 170 valence electrons. The third kappa shape index (κ3) is 2.59. The van der Waals surface area contributed by atoms with E-state index < -0.39 is 57.8 Å². The van der Waals surface area contributed by atoms with Crippen LogP contribution in [0, 0.1) is 22.2 Å². The molecule has 0 aromatic heterocycles. The highest BCUT2D eigenvalue weighted by molar-refractivity contribution is 5.82. The van der Waals surface area contributed by atoms with Crippen molar-refractivity contribution in [3.63, 3.8) is 0 Å². The predicted octanol–water partition coefficient (Wildman–Crippen LogP) is 1.34. The number of hydrogen-bond donors (Lipinski definition) is 4. The Morgan fingerprint density at radius 2 is 1.90 bits per heavy atom. The van der Waals surface area contributed by atoms with Crippen LogP contribution in [0.2, 0.25) is 0 Å². The summed E-state index contributed by atoms with van der Waals surface area (Å²) in [5.41, 5.74) is -4.75. The van der Waals surface area contributed by atoms with E-state index >= 15 is 0 Å². The number of rotatable bonds is 4. The zero-order chi connectivity index (χ0) is 23.1. The highest BCUT2D eigenvalue weighted by atomic mass is 16.5. The molecular formula is C23H36O7. The largest absolute Gasteiger partial charge is 0.466 e. The minimum atomic E-state index is -1.68. The van der Waals surface area contributed by atoms with E-state index in [1.165, 1.54) is 34.0 Å². The van der Waals surface area contributed by atoms with Crippen LogP contribution in [0.25, 0.3) is 0 Å². The second-order valence-corrected chi connectivity index (χ2v) is 10.5. The molecule has 4 N–H and O–H groups in total. The maximum atomic E-state index is 11.8. The van der Waals surface area contributed by atoms with Crippen LogP contribution in [0.4, 0.5) is 0 Å². The van der Waals surface area contributed by atoms with Crippen LogP contribution in [-0.4, -0.2) is 69.1 Å². The van der Waals surface area contributed by atoms with Crippen molar-refractivity contribution in [3.05, 3.63) is 23.8 Å². The van der Waals surface area contributed by atoms with E-state index in [0.717, 1.165) is 5.57 Å². The van der Waals surface area contributed by atoms with E-state index in [9.17, 15) is 25.2 Å². The number of aliphatic hydroxyl groups is 4. The molecule has 30 heavy (non-hydrogen) atoms. The van der Waals surface area contributed by atoms with Crippen molar-refractivity contribution in [2.75, 3.05) is 7.11 Å². The summed E-state index contributed by atoms with van der Waals surface area (Å²) in [6, 6.07) is 0. The Morgan fingerprint density at radius 1 is 1.33 bits per heavy atom. The minimum absolute atomic E-state index is 0.286. The standard InChI is InChI=1S/C23H36O7/c1-12-11-20(4)17(22(6,27)13(2)24)30-18-21(20,5)15(12)19(3,10-9-14(25)29-8)16(26)23(18,7)28/h9-11,13,15-18,24,26-28H,1-8H3/b10-9+/t13?,15-,16+,17-,18-,19+,20+,21-,22?,23+/m1/s1. The van der Waals surface area contributed by atoms with Crippen molar-refractivity contribution in [3.8, 4) is 0 Å². The molecule has 2 aliphatic carbocycles. The number of hydrogen-bond acceptors (Lipinski definition) is 7. The maximum Gasteiger partial charge on any atom is 0.330 e. The molecule has 7 nitrogen and oxygen atoms in total. The number of methoxy groups -OCH3 is 1. The van der Waals surface area contributed by atoms with E-state index in [4.69, 9.17) is 9.47 Å². The molecule has 1 saturated carbocycles. The van der Waals surface area contributed by atoms with Gasteiger partial charge in [-0.25, -0.2) is 4.79 Å². The summed E-state index contributed by atoms with van der Waals surface area (Å²) in [5, 5.41) is 44.4. The first-order valence-electron chi connectivity index (χ1n) is 10.5. The van der Waals surface area contributed by atoms with Crippen molar-refractivity contribution in [2.24, 2.45) is 22.2 Å². The number of carbonyl (C=O) groups is 1. The molecule has 0 bridgehead atoms. The van der Waals surface area contributed by atoms with Crippen molar-refractivity contribution in [1.82, 2.24) is 0 Å². The van der Waals surface area contributed by atoms with Crippen LogP contribution >= 0.6 is 0 Å². The fourth-order valence-electron chi connectivity index (χ4n) is 6.99. The molecule has 0 aromatic rings. The average Bonchev–Trinajstić information content (AvgIpc) is 2.98. The molecule has 2 unspecified atom stereocenters. The summed E-state index contributed by atoms with van der Waals surface area (Å²) in [5.74, 6) is -0.832. The maximum absolute atomic E-state index is 11.8. The lowest BCUT2D eigenvalue weighted by molar-refractivity contribution is -0.253. The van der Waals surface area contributed by atoms with Gasteiger partial charge in [-0.2, -0.15) is 0 Å². The van der Waals surface area contributed by atoms with Gasteiger partial charge in [0.05, 0.1) is 31.5 Å². The number of carbonyl (C=O) groups excluding carboxylic acids is 1. The van der Waals surface area contributed by atoms with E-state index in [2.05, 4.69) is 0 Å². The third-order valence-electron chi connectivity index (χ3n) is 8.56. The van der Waals surface area contributed by atoms with E-state index in [1.807, 2.05) is 33.8 Å². The van der Waals surface area contributed by atoms with Gasteiger partial charge in [-0.3, -0.25) is 0 Å². The number of aliphatic hydroxyl groups excluding tert-OH is 2.